The van der Waals surface area contributed by atoms with E-state index in [4.69, 9.17) is 4.74 Å². The van der Waals surface area contributed by atoms with Gasteiger partial charge < -0.3 is 4.74 Å². The lowest BCUT2D eigenvalue weighted by atomic mass is 9.69. The standard InChI is InChI=1S/C24H43NO/c1-3-5-7-9-21-10-12-23(13-11-21)26-19-22-14-17-24(20-25,18-15-22)16-8-6-4-2/h21-23H,3-19H2,1-2H3/t21-,22-,23-,24-. The number of hydrogen-bond donors (Lipinski definition) is 0. The lowest BCUT2D eigenvalue weighted by Gasteiger charge is -2.36. The molecule has 2 nitrogen and oxygen atoms in total. The molecule has 0 amide bonds. The van der Waals surface area contributed by atoms with E-state index >= 15 is 0 Å². The Morgan fingerprint density at radius 1 is 0.846 bits per heavy atom. The van der Waals surface area contributed by atoms with Crippen molar-refractivity contribution in [2.45, 2.75) is 123 Å². The molecule has 2 heteroatoms. The van der Waals surface area contributed by atoms with Crippen molar-refractivity contribution in [2.75, 3.05) is 6.61 Å². The molecule has 0 saturated heterocycles. The molecule has 0 aliphatic heterocycles. The zero-order chi connectivity index (χ0) is 18.7. The largest absolute Gasteiger partial charge is 0.378 e. The lowest BCUT2D eigenvalue weighted by molar-refractivity contribution is -0.0135. The number of unbranched alkanes of at least 4 members (excludes halogenated alkanes) is 4. The molecule has 2 saturated carbocycles. The second kappa shape index (κ2) is 12.0. The molecule has 2 aliphatic carbocycles. The van der Waals surface area contributed by atoms with E-state index in [1.54, 1.807) is 0 Å². The second-order valence-electron chi connectivity index (χ2n) is 9.26. The van der Waals surface area contributed by atoms with Crippen molar-refractivity contribution in [3.8, 4) is 6.07 Å². The molecule has 0 aromatic carbocycles. The number of ether oxygens (including phenoxy) is 1. The highest BCUT2D eigenvalue weighted by atomic mass is 16.5. The van der Waals surface area contributed by atoms with Crippen molar-refractivity contribution in [1.82, 2.24) is 0 Å². The first-order valence-corrected chi connectivity index (χ1v) is 11.7. The molecule has 0 heterocycles. The SMILES string of the molecule is CCCCC[C@H]1CC[C@H](OC[C@H]2CC[C@@](C#N)(CCCCC)CC2)CC1. The minimum absolute atomic E-state index is 0.0117. The van der Waals surface area contributed by atoms with Gasteiger partial charge >= 0.3 is 0 Å². The third kappa shape index (κ3) is 7.22. The summed E-state index contributed by atoms with van der Waals surface area (Å²) in [6, 6.07) is 2.69. The van der Waals surface area contributed by atoms with Gasteiger partial charge in [0.25, 0.3) is 0 Å². The summed E-state index contributed by atoms with van der Waals surface area (Å²) in [6.07, 6.45) is 20.9. The normalized spacial score (nSPS) is 32.3. The molecule has 0 atom stereocenters. The Morgan fingerprint density at radius 3 is 2.12 bits per heavy atom. The van der Waals surface area contributed by atoms with Gasteiger partial charge in [0.2, 0.25) is 0 Å². The van der Waals surface area contributed by atoms with Gasteiger partial charge in [0, 0.05) is 6.61 Å². The van der Waals surface area contributed by atoms with E-state index in [-0.39, 0.29) is 5.41 Å². The fourth-order valence-electron chi connectivity index (χ4n) is 5.07. The summed E-state index contributed by atoms with van der Waals surface area (Å²) in [5, 5.41) is 9.68. The van der Waals surface area contributed by atoms with Gasteiger partial charge in [-0.1, -0.05) is 58.8 Å². The summed E-state index contributed by atoms with van der Waals surface area (Å²) in [5.41, 5.74) is -0.0117. The van der Waals surface area contributed by atoms with Gasteiger partial charge in [0.1, 0.15) is 0 Å². The predicted octanol–water partition coefficient (Wildman–Crippen LogP) is 7.42. The maximum absolute atomic E-state index is 9.68. The maximum Gasteiger partial charge on any atom is 0.0689 e. The summed E-state index contributed by atoms with van der Waals surface area (Å²) < 4.78 is 6.31. The zero-order valence-corrected chi connectivity index (χ0v) is 17.6. The van der Waals surface area contributed by atoms with Crippen molar-refractivity contribution in [3.63, 3.8) is 0 Å². The van der Waals surface area contributed by atoms with Gasteiger partial charge in [0.15, 0.2) is 0 Å². The predicted molar refractivity (Wildman–Crippen MR) is 110 cm³/mol. The Morgan fingerprint density at radius 2 is 1.50 bits per heavy atom. The van der Waals surface area contributed by atoms with Crippen LogP contribution in [-0.2, 0) is 4.74 Å². The molecule has 0 unspecified atom stereocenters. The summed E-state index contributed by atoms with van der Waals surface area (Å²) >= 11 is 0. The number of nitriles is 1. The molecule has 0 aromatic heterocycles. The van der Waals surface area contributed by atoms with Crippen LogP contribution in [0.3, 0.4) is 0 Å². The Kier molecular flexibility index (Phi) is 10.1. The first-order chi connectivity index (χ1) is 12.7. The summed E-state index contributed by atoms with van der Waals surface area (Å²) in [7, 11) is 0. The minimum Gasteiger partial charge on any atom is -0.378 e. The number of hydrogen-bond acceptors (Lipinski definition) is 2. The summed E-state index contributed by atoms with van der Waals surface area (Å²) in [4.78, 5) is 0. The minimum atomic E-state index is -0.0117. The molecule has 0 aromatic rings. The quantitative estimate of drug-likeness (QED) is 0.359. The van der Waals surface area contributed by atoms with E-state index < -0.39 is 0 Å². The Bertz CT molecular complexity index is 397. The van der Waals surface area contributed by atoms with Crippen LogP contribution < -0.4 is 0 Å². The van der Waals surface area contributed by atoms with Crippen molar-refractivity contribution in [2.24, 2.45) is 17.3 Å². The third-order valence-corrected chi connectivity index (χ3v) is 7.14. The lowest BCUT2D eigenvalue weighted by Crippen LogP contribution is -2.30. The molecule has 2 aliphatic rings. The van der Waals surface area contributed by atoms with Gasteiger partial charge in [-0.15, -0.1) is 0 Å². The van der Waals surface area contributed by atoms with Gasteiger partial charge in [-0.05, 0) is 69.6 Å². The van der Waals surface area contributed by atoms with Crippen LogP contribution in [0.4, 0.5) is 0 Å². The van der Waals surface area contributed by atoms with Crippen LogP contribution in [0.1, 0.15) is 117 Å². The van der Waals surface area contributed by atoms with E-state index in [0.717, 1.165) is 31.8 Å². The van der Waals surface area contributed by atoms with Crippen LogP contribution in [0.5, 0.6) is 0 Å². The van der Waals surface area contributed by atoms with Crippen molar-refractivity contribution < 1.29 is 4.74 Å². The molecule has 150 valence electrons. The van der Waals surface area contributed by atoms with Gasteiger partial charge in [0.05, 0.1) is 17.6 Å². The average Bonchev–Trinajstić information content (AvgIpc) is 2.69. The topological polar surface area (TPSA) is 33.0 Å². The van der Waals surface area contributed by atoms with Gasteiger partial charge in [-0.3, -0.25) is 0 Å². The molecule has 2 fully saturated rings. The van der Waals surface area contributed by atoms with Crippen LogP contribution in [0.25, 0.3) is 0 Å². The van der Waals surface area contributed by atoms with Crippen LogP contribution >= 0.6 is 0 Å². The number of rotatable bonds is 11. The fourth-order valence-corrected chi connectivity index (χ4v) is 5.07. The van der Waals surface area contributed by atoms with E-state index in [9.17, 15) is 5.26 Å². The molecule has 2 rings (SSSR count). The van der Waals surface area contributed by atoms with Crippen molar-refractivity contribution in [3.05, 3.63) is 0 Å². The monoisotopic (exact) mass is 361 g/mol. The average molecular weight is 362 g/mol. The maximum atomic E-state index is 9.68. The summed E-state index contributed by atoms with van der Waals surface area (Å²) in [5.74, 6) is 1.67. The van der Waals surface area contributed by atoms with Crippen LogP contribution in [0.2, 0.25) is 0 Å². The second-order valence-corrected chi connectivity index (χ2v) is 9.26. The molecular formula is C24H43NO. The van der Waals surface area contributed by atoms with E-state index in [2.05, 4.69) is 19.9 Å². The third-order valence-electron chi connectivity index (χ3n) is 7.14. The highest BCUT2D eigenvalue weighted by molar-refractivity contribution is 5.01. The van der Waals surface area contributed by atoms with Gasteiger partial charge in [-0.25, -0.2) is 0 Å². The fraction of sp³-hybridized carbons (Fsp3) is 0.958. The molecule has 26 heavy (non-hydrogen) atoms. The van der Waals surface area contributed by atoms with E-state index in [0.29, 0.717) is 12.0 Å². The van der Waals surface area contributed by atoms with Crippen molar-refractivity contribution in [1.29, 1.82) is 5.26 Å². The first kappa shape index (κ1) is 21.7. The first-order valence-electron chi connectivity index (χ1n) is 11.7. The van der Waals surface area contributed by atoms with E-state index in [1.807, 2.05) is 0 Å². The van der Waals surface area contributed by atoms with Crippen LogP contribution in [0, 0.1) is 28.6 Å². The number of nitrogens with zero attached hydrogens (tertiary/aromatic N) is 1. The van der Waals surface area contributed by atoms with Crippen LogP contribution in [0.15, 0.2) is 0 Å². The van der Waals surface area contributed by atoms with Crippen molar-refractivity contribution >= 4 is 0 Å². The highest BCUT2D eigenvalue weighted by Gasteiger charge is 2.35. The molecule has 0 bridgehead atoms. The molecule has 0 radical (unpaired) electrons. The highest BCUT2D eigenvalue weighted by Crippen LogP contribution is 2.42. The molecule has 0 N–H and O–H groups in total. The summed E-state index contributed by atoms with van der Waals surface area (Å²) in [6.45, 7) is 5.48. The van der Waals surface area contributed by atoms with E-state index in [1.165, 1.54) is 83.5 Å². The van der Waals surface area contributed by atoms with Gasteiger partial charge in [-0.2, -0.15) is 5.26 Å². The molecular weight excluding hydrogens is 318 g/mol. The zero-order valence-electron chi connectivity index (χ0n) is 17.6. The molecule has 0 spiro atoms. The smallest absolute Gasteiger partial charge is 0.0689 e. The van der Waals surface area contributed by atoms with Crippen LogP contribution in [-0.4, -0.2) is 12.7 Å². The Balaban J connectivity index is 1.59. The Hall–Kier alpha value is -0.550. The Labute approximate surface area is 163 Å².